The van der Waals surface area contributed by atoms with Crippen molar-refractivity contribution >= 4 is 48.9 Å². The topological polar surface area (TPSA) is 84.5 Å². The summed E-state index contributed by atoms with van der Waals surface area (Å²) in [4.78, 5) is 0. The molecular formula is C5H4BrN3O2S2. The summed E-state index contributed by atoms with van der Waals surface area (Å²) in [5, 5.41) is 2.67. The molecule has 8 heteroatoms. The Labute approximate surface area is 86.8 Å². The first-order chi connectivity index (χ1) is 5.99. The Morgan fingerprint density at radius 1 is 1.62 bits per heavy atom. The first kappa shape index (κ1) is 8.97. The second-order valence-electron chi connectivity index (χ2n) is 2.33. The van der Waals surface area contributed by atoms with E-state index in [-0.39, 0.29) is 10.2 Å². The highest BCUT2D eigenvalue weighted by Crippen LogP contribution is 2.37. The molecule has 0 amide bonds. The van der Waals surface area contributed by atoms with Gasteiger partial charge in [0.05, 0.1) is 9.47 Å². The molecule has 13 heavy (non-hydrogen) atoms. The lowest BCUT2D eigenvalue weighted by Crippen LogP contribution is -2.27. The van der Waals surface area contributed by atoms with Gasteiger partial charge in [0.2, 0.25) is 5.96 Å². The molecule has 1 aromatic heterocycles. The summed E-state index contributed by atoms with van der Waals surface area (Å²) in [7, 11) is -3.58. The van der Waals surface area contributed by atoms with Gasteiger partial charge in [0.15, 0.2) is 4.21 Å². The van der Waals surface area contributed by atoms with E-state index in [1.165, 1.54) is 0 Å². The summed E-state index contributed by atoms with van der Waals surface area (Å²) < 4.78 is 27.0. The number of guanidine groups is 1. The van der Waals surface area contributed by atoms with Gasteiger partial charge in [-0.2, -0.15) is 8.42 Å². The number of anilines is 1. The number of sulfonamides is 1. The molecule has 0 unspecified atom stereocenters. The largest absolute Gasteiger partial charge is 0.369 e. The summed E-state index contributed by atoms with van der Waals surface area (Å²) in [5.74, 6) is -0.0993. The van der Waals surface area contributed by atoms with Crippen LogP contribution in [0.5, 0.6) is 0 Å². The molecule has 3 N–H and O–H groups in total. The number of nitrogens with zero attached hydrogens (tertiary/aromatic N) is 1. The number of hydrogen-bond donors (Lipinski definition) is 2. The van der Waals surface area contributed by atoms with Crippen molar-refractivity contribution in [3.05, 3.63) is 9.85 Å². The molecule has 0 radical (unpaired) electrons. The van der Waals surface area contributed by atoms with Crippen molar-refractivity contribution in [1.82, 2.24) is 0 Å². The van der Waals surface area contributed by atoms with Gasteiger partial charge in [0.1, 0.15) is 0 Å². The summed E-state index contributed by atoms with van der Waals surface area (Å²) in [6.07, 6.45) is 0. The van der Waals surface area contributed by atoms with Gasteiger partial charge in [-0.1, -0.05) is 0 Å². The van der Waals surface area contributed by atoms with Crippen molar-refractivity contribution in [2.24, 2.45) is 10.1 Å². The van der Waals surface area contributed by atoms with Gasteiger partial charge >= 0.3 is 0 Å². The molecule has 5 nitrogen and oxygen atoms in total. The molecule has 1 aliphatic rings. The van der Waals surface area contributed by atoms with E-state index in [9.17, 15) is 8.42 Å². The van der Waals surface area contributed by atoms with Crippen LogP contribution < -0.4 is 11.1 Å². The Bertz CT molecular complexity index is 490. The van der Waals surface area contributed by atoms with E-state index in [2.05, 4.69) is 25.6 Å². The highest BCUT2D eigenvalue weighted by molar-refractivity contribution is 9.11. The number of nitrogens with two attached hydrogens (primary N) is 1. The maximum atomic E-state index is 11.4. The third kappa shape index (κ3) is 1.45. The number of rotatable bonds is 0. The summed E-state index contributed by atoms with van der Waals surface area (Å²) in [5.41, 5.74) is 5.76. The smallest absolute Gasteiger partial charge is 0.297 e. The first-order valence-corrected chi connectivity index (χ1v) is 6.21. The van der Waals surface area contributed by atoms with E-state index >= 15 is 0 Å². The van der Waals surface area contributed by atoms with Crippen LogP contribution in [0.4, 0.5) is 5.69 Å². The molecule has 1 aromatic rings. The van der Waals surface area contributed by atoms with Crippen molar-refractivity contribution in [3.63, 3.8) is 0 Å². The molecule has 0 aromatic carbocycles. The molecule has 2 rings (SSSR count). The molecule has 0 atom stereocenters. The Balaban J connectivity index is 2.71. The average Bonchev–Trinajstić information content (AvgIpc) is 2.28. The summed E-state index contributed by atoms with van der Waals surface area (Å²) in [6, 6.07) is 1.65. The van der Waals surface area contributed by atoms with Gasteiger partial charge in [-0.25, -0.2) is 0 Å². The van der Waals surface area contributed by atoms with E-state index in [1.807, 2.05) is 0 Å². The molecule has 1 aliphatic heterocycles. The van der Waals surface area contributed by atoms with Gasteiger partial charge in [-0.15, -0.1) is 15.7 Å². The van der Waals surface area contributed by atoms with Gasteiger partial charge < -0.3 is 11.1 Å². The zero-order valence-electron chi connectivity index (χ0n) is 6.11. The second kappa shape index (κ2) is 2.69. The van der Waals surface area contributed by atoms with Crippen LogP contribution in [0.2, 0.25) is 0 Å². The molecule has 70 valence electrons. The van der Waals surface area contributed by atoms with Crippen LogP contribution >= 0.6 is 27.3 Å². The predicted octanol–water partition coefficient (Wildman–Crippen LogP) is 0.940. The fourth-order valence-corrected chi connectivity index (χ4v) is 4.14. The molecular weight excluding hydrogens is 278 g/mol. The first-order valence-electron chi connectivity index (χ1n) is 3.16. The SMILES string of the molecule is NC1=NS(=O)(=O)c2sc(Br)cc2N1. The van der Waals surface area contributed by atoms with E-state index in [0.29, 0.717) is 5.69 Å². The Morgan fingerprint density at radius 2 is 2.31 bits per heavy atom. The highest BCUT2D eigenvalue weighted by atomic mass is 79.9. The minimum absolute atomic E-state index is 0.0993. The second-order valence-corrected chi connectivity index (χ2v) is 6.56. The fraction of sp³-hybridized carbons (Fsp3) is 0. The van der Waals surface area contributed by atoms with Gasteiger partial charge in [-0.05, 0) is 22.0 Å². The molecule has 0 saturated carbocycles. The lowest BCUT2D eigenvalue weighted by atomic mass is 10.5. The van der Waals surface area contributed by atoms with E-state index in [4.69, 9.17) is 5.73 Å². The van der Waals surface area contributed by atoms with Crippen LogP contribution in [0.25, 0.3) is 0 Å². The van der Waals surface area contributed by atoms with Crippen LogP contribution in [0.1, 0.15) is 0 Å². The Morgan fingerprint density at radius 3 is 3.00 bits per heavy atom. The molecule has 2 heterocycles. The lowest BCUT2D eigenvalue weighted by molar-refractivity contribution is 0.599. The van der Waals surface area contributed by atoms with Crippen LogP contribution in [0.15, 0.2) is 18.5 Å². The molecule has 0 spiro atoms. The maximum Gasteiger partial charge on any atom is 0.297 e. The predicted molar refractivity (Wildman–Crippen MR) is 54.4 cm³/mol. The van der Waals surface area contributed by atoms with Crippen molar-refractivity contribution < 1.29 is 8.42 Å². The average molecular weight is 282 g/mol. The third-order valence-corrected chi connectivity index (χ3v) is 4.82. The van der Waals surface area contributed by atoms with Gasteiger partial charge in [0.25, 0.3) is 10.0 Å². The standard InChI is InChI=1S/C5H4BrN3O2S2/c6-3-1-2-4(12-3)13(10,11)9-5(7)8-2/h1H,(H3,7,8,9). The number of halogens is 1. The lowest BCUT2D eigenvalue weighted by Gasteiger charge is -2.10. The zero-order valence-corrected chi connectivity index (χ0v) is 9.33. The van der Waals surface area contributed by atoms with E-state index < -0.39 is 10.0 Å². The minimum atomic E-state index is -3.58. The third-order valence-electron chi connectivity index (χ3n) is 1.38. The Hall–Kier alpha value is -0.600. The van der Waals surface area contributed by atoms with Gasteiger partial charge in [-0.3, -0.25) is 0 Å². The van der Waals surface area contributed by atoms with E-state index in [0.717, 1.165) is 15.1 Å². The van der Waals surface area contributed by atoms with Crippen LogP contribution in [0.3, 0.4) is 0 Å². The molecule has 0 bridgehead atoms. The molecule has 0 fully saturated rings. The van der Waals surface area contributed by atoms with Crippen molar-refractivity contribution in [2.45, 2.75) is 4.21 Å². The van der Waals surface area contributed by atoms with Crippen molar-refractivity contribution in [2.75, 3.05) is 5.32 Å². The quantitative estimate of drug-likeness (QED) is 0.741. The van der Waals surface area contributed by atoms with Crippen molar-refractivity contribution in [3.8, 4) is 0 Å². The fourth-order valence-electron chi connectivity index (χ4n) is 0.956. The monoisotopic (exact) mass is 281 g/mol. The van der Waals surface area contributed by atoms with Crippen LogP contribution in [0, 0.1) is 0 Å². The number of thiophene rings is 1. The highest BCUT2D eigenvalue weighted by Gasteiger charge is 2.26. The number of fused-ring (bicyclic) bond motifs is 1. The number of hydrogen-bond acceptors (Lipinski definition) is 5. The normalized spacial score (nSPS) is 18.7. The molecule has 0 aliphatic carbocycles. The zero-order chi connectivity index (χ0) is 9.64. The summed E-state index contributed by atoms with van der Waals surface area (Å²) in [6.45, 7) is 0. The van der Waals surface area contributed by atoms with Crippen LogP contribution in [-0.4, -0.2) is 14.4 Å². The van der Waals surface area contributed by atoms with Gasteiger partial charge in [0, 0.05) is 0 Å². The Kier molecular flexibility index (Phi) is 1.86. The minimum Gasteiger partial charge on any atom is -0.369 e. The summed E-state index contributed by atoms with van der Waals surface area (Å²) >= 11 is 4.29. The van der Waals surface area contributed by atoms with Crippen LogP contribution in [-0.2, 0) is 10.0 Å². The van der Waals surface area contributed by atoms with Crippen molar-refractivity contribution in [1.29, 1.82) is 0 Å². The maximum absolute atomic E-state index is 11.4. The molecule has 0 saturated heterocycles. The van der Waals surface area contributed by atoms with E-state index in [1.54, 1.807) is 6.07 Å². The number of nitrogens with one attached hydrogen (secondary N) is 1.